The molecule has 0 atom stereocenters. The van der Waals surface area contributed by atoms with Crippen LogP contribution in [-0.4, -0.2) is 43.4 Å². The lowest BCUT2D eigenvalue weighted by atomic mass is 10.4. The Labute approximate surface area is 102 Å². The van der Waals surface area contributed by atoms with Crippen LogP contribution in [0.15, 0.2) is 12.4 Å². The van der Waals surface area contributed by atoms with E-state index >= 15 is 0 Å². The summed E-state index contributed by atoms with van der Waals surface area (Å²) in [5.74, 6) is 0.987. The minimum absolute atomic E-state index is 0.113. The first-order valence-electron chi connectivity index (χ1n) is 5.69. The molecule has 0 unspecified atom stereocenters. The molecule has 1 rings (SSSR count). The molecule has 0 saturated carbocycles. The van der Waals surface area contributed by atoms with Gasteiger partial charge >= 0.3 is 0 Å². The van der Waals surface area contributed by atoms with E-state index in [0.717, 1.165) is 12.4 Å². The smallest absolute Gasteiger partial charge is 0.212 e. The van der Waals surface area contributed by atoms with Gasteiger partial charge in [-0.15, -0.1) is 0 Å². The Morgan fingerprint density at radius 1 is 1.41 bits per heavy atom. The Hall–Kier alpha value is -0.920. The molecule has 1 aromatic heterocycles. The lowest BCUT2D eigenvalue weighted by Gasteiger charge is -2.07. The van der Waals surface area contributed by atoms with Crippen LogP contribution in [0.1, 0.15) is 12.7 Å². The van der Waals surface area contributed by atoms with Crippen molar-refractivity contribution in [3.8, 4) is 0 Å². The second-order valence-electron chi connectivity index (χ2n) is 3.77. The third-order valence-corrected chi connectivity index (χ3v) is 3.77. The fourth-order valence-corrected chi connectivity index (χ4v) is 2.38. The second kappa shape index (κ2) is 6.73. The van der Waals surface area contributed by atoms with Gasteiger partial charge < -0.3 is 9.88 Å². The predicted molar refractivity (Wildman–Crippen MR) is 67.2 cm³/mol. The molecule has 0 aliphatic heterocycles. The standard InChI is InChI=1S/C10H20N4O2S/c1-3-11-7-9-17(15,16)13-5-4-10-12-6-8-14(10)2/h6,8,11,13H,3-5,7,9H2,1-2H3. The van der Waals surface area contributed by atoms with E-state index in [9.17, 15) is 8.42 Å². The summed E-state index contributed by atoms with van der Waals surface area (Å²) in [4.78, 5) is 4.13. The van der Waals surface area contributed by atoms with Crippen molar-refractivity contribution >= 4 is 10.0 Å². The zero-order valence-electron chi connectivity index (χ0n) is 10.3. The summed E-state index contributed by atoms with van der Waals surface area (Å²) in [5, 5.41) is 2.98. The SMILES string of the molecule is CCNCCS(=O)(=O)NCCc1nccn1C. The average Bonchev–Trinajstić information content (AvgIpc) is 2.64. The highest BCUT2D eigenvalue weighted by molar-refractivity contribution is 7.89. The normalized spacial score (nSPS) is 11.9. The van der Waals surface area contributed by atoms with Crippen molar-refractivity contribution in [2.75, 3.05) is 25.4 Å². The molecule has 0 fully saturated rings. The maximum Gasteiger partial charge on any atom is 0.212 e. The van der Waals surface area contributed by atoms with Gasteiger partial charge in [0.15, 0.2) is 0 Å². The Morgan fingerprint density at radius 2 is 2.18 bits per heavy atom. The molecule has 0 bridgehead atoms. The van der Waals surface area contributed by atoms with Crippen LogP contribution in [0.2, 0.25) is 0 Å². The number of sulfonamides is 1. The molecule has 0 radical (unpaired) electrons. The van der Waals surface area contributed by atoms with Gasteiger partial charge in [-0.25, -0.2) is 18.1 Å². The van der Waals surface area contributed by atoms with Crippen LogP contribution in [0.3, 0.4) is 0 Å². The molecule has 0 amide bonds. The third kappa shape index (κ3) is 5.29. The van der Waals surface area contributed by atoms with Crippen molar-refractivity contribution in [3.05, 3.63) is 18.2 Å². The maximum atomic E-state index is 11.5. The lowest BCUT2D eigenvalue weighted by molar-refractivity contribution is 0.576. The number of nitrogens with zero attached hydrogens (tertiary/aromatic N) is 2. The summed E-state index contributed by atoms with van der Waals surface area (Å²) < 4.78 is 27.5. The van der Waals surface area contributed by atoms with Crippen LogP contribution < -0.4 is 10.0 Å². The van der Waals surface area contributed by atoms with Gasteiger partial charge in [0.05, 0.1) is 5.75 Å². The fourth-order valence-electron chi connectivity index (χ4n) is 1.41. The van der Waals surface area contributed by atoms with E-state index in [-0.39, 0.29) is 5.75 Å². The van der Waals surface area contributed by atoms with Gasteiger partial charge in [0, 0.05) is 39.0 Å². The molecule has 1 heterocycles. The number of rotatable bonds is 8. The first-order valence-corrected chi connectivity index (χ1v) is 7.34. The van der Waals surface area contributed by atoms with Crippen molar-refractivity contribution in [2.45, 2.75) is 13.3 Å². The quantitative estimate of drug-likeness (QED) is 0.617. The molecule has 1 aromatic rings. The molecule has 0 saturated heterocycles. The van der Waals surface area contributed by atoms with E-state index in [4.69, 9.17) is 0 Å². The highest BCUT2D eigenvalue weighted by Crippen LogP contribution is 1.94. The molecule has 98 valence electrons. The topological polar surface area (TPSA) is 76.0 Å². The van der Waals surface area contributed by atoms with E-state index in [1.165, 1.54) is 0 Å². The number of nitrogens with one attached hydrogen (secondary N) is 2. The minimum Gasteiger partial charge on any atom is -0.338 e. The molecule has 6 nitrogen and oxygen atoms in total. The Kier molecular flexibility index (Phi) is 5.60. The first kappa shape index (κ1) is 14.1. The van der Waals surface area contributed by atoms with Crippen LogP contribution in [0.4, 0.5) is 0 Å². The van der Waals surface area contributed by atoms with Gasteiger partial charge in [-0.2, -0.15) is 0 Å². The Morgan fingerprint density at radius 3 is 2.76 bits per heavy atom. The summed E-state index contributed by atoms with van der Waals surface area (Å²) in [6, 6.07) is 0. The monoisotopic (exact) mass is 260 g/mol. The number of hydrogen-bond acceptors (Lipinski definition) is 4. The van der Waals surface area contributed by atoms with Gasteiger partial charge in [0.1, 0.15) is 5.82 Å². The average molecular weight is 260 g/mol. The van der Waals surface area contributed by atoms with Crippen LogP contribution >= 0.6 is 0 Å². The van der Waals surface area contributed by atoms with E-state index in [1.54, 1.807) is 6.20 Å². The number of hydrogen-bond donors (Lipinski definition) is 2. The summed E-state index contributed by atoms with van der Waals surface area (Å²) in [7, 11) is -1.28. The number of imidazole rings is 1. The molecule has 0 aliphatic carbocycles. The number of aryl methyl sites for hydroxylation is 1. The van der Waals surface area contributed by atoms with Crippen molar-refractivity contribution in [2.24, 2.45) is 7.05 Å². The lowest BCUT2D eigenvalue weighted by Crippen LogP contribution is -2.33. The van der Waals surface area contributed by atoms with E-state index < -0.39 is 10.0 Å². The van der Waals surface area contributed by atoms with Crippen molar-refractivity contribution < 1.29 is 8.42 Å². The van der Waals surface area contributed by atoms with Gasteiger partial charge in [0.25, 0.3) is 0 Å². The van der Waals surface area contributed by atoms with Crippen molar-refractivity contribution in [3.63, 3.8) is 0 Å². The molecule has 0 aromatic carbocycles. The fraction of sp³-hybridized carbons (Fsp3) is 0.700. The summed E-state index contributed by atoms with van der Waals surface area (Å²) >= 11 is 0. The maximum absolute atomic E-state index is 11.5. The van der Waals surface area contributed by atoms with Crippen LogP contribution in [-0.2, 0) is 23.5 Å². The van der Waals surface area contributed by atoms with Crippen LogP contribution in [0, 0.1) is 0 Å². The largest absolute Gasteiger partial charge is 0.338 e. The second-order valence-corrected chi connectivity index (χ2v) is 5.70. The minimum atomic E-state index is -3.17. The van der Waals surface area contributed by atoms with Gasteiger partial charge in [-0.05, 0) is 6.54 Å². The van der Waals surface area contributed by atoms with Gasteiger partial charge in [-0.1, -0.05) is 6.92 Å². The highest BCUT2D eigenvalue weighted by atomic mass is 32.2. The van der Waals surface area contributed by atoms with Crippen LogP contribution in [0.5, 0.6) is 0 Å². The summed E-state index contributed by atoms with van der Waals surface area (Å²) in [5.41, 5.74) is 0. The highest BCUT2D eigenvalue weighted by Gasteiger charge is 2.09. The first-order chi connectivity index (χ1) is 8.05. The van der Waals surface area contributed by atoms with Gasteiger partial charge in [-0.3, -0.25) is 0 Å². The molecule has 2 N–H and O–H groups in total. The van der Waals surface area contributed by atoms with E-state index in [0.29, 0.717) is 19.5 Å². The van der Waals surface area contributed by atoms with Crippen molar-refractivity contribution in [1.29, 1.82) is 0 Å². The molecule has 0 spiro atoms. The van der Waals surface area contributed by atoms with Crippen LogP contribution in [0.25, 0.3) is 0 Å². The third-order valence-electron chi connectivity index (χ3n) is 2.39. The molecular weight excluding hydrogens is 240 g/mol. The van der Waals surface area contributed by atoms with E-state index in [2.05, 4.69) is 15.0 Å². The van der Waals surface area contributed by atoms with E-state index in [1.807, 2.05) is 24.7 Å². The summed E-state index contributed by atoms with van der Waals surface area (Å²) in [6.45, 7) is 3.59. The summed E-state index contributed by atoms with van der Waals surface area (Å²) in [6.07, 6.45) is 4.15. The predicted octanol–water partition coefficient (Wildman–Crippen LogP) is -0.508. The Balaban J connectivity index is 2.28. The molecule has 17 heavy (non-hydrogen) atoms. The van der Waals surface area contributed by atoms with Gasteiger partial charge in [0.2, 0.25) is 10.0 Å². The molecule has 7 heteroatoms. The number of aromatic nitrogens is 2. The zero-order chi connectivity index (χ0) is 12.7. The molecular formula is C10H20N4O2S. The zero-order valence-corrected chi connectivity index (χ0v) is 11.1. The molecule has 0 aliphatic rings. The Bertz CT molecular complexity index is 427. The van der Waals surface area contributed by atoms with Crippen molar-refractivity contribution in [1.82, 2.24) is 19.6 Å².